The lowest BCUT2D eigenvalue weighted by Crippen LogP contribution is -2.17. The van der Waals surface area contributed by atoms with Crippen molar-refractivity contribution in [3.05, 3.63) is 103 Å². The number of hydrogen-bond acceptors (Lipinski definition) is 9. The minimum absolute atomic E-state index is 0.00378. The highest BCUT2D eigenvalue weighted by atomic mass is 79.9. The standard InChI is InChI=1S/C26H24BrN5O7/c1-17-5-11-20(12-6-17)28-25(33)3-2-4-26(34)39-16-23(18-7-9-19(27)10-8-18)30-29-22-14-13-21(31(35)36)15-24(22)32(37)38/h5-15,29H,2-4,16H2,1H3,(H,28,33). The van der Waals surface area contributed by atoms with Crippen LogP contribution in [0.2, 0.25) is 0 Å². The fourth-order valence-corrected chi connectivity index (χ4v) is 3.57. The molecule has 3 rings (SSSR count). The van der Waals surface area contributed by atoms with Crippen molar-refractivity contribution >= 4 is 56.3 Å². The average molecular weight is 598 g/mol. The second-order valence-electron chi connectivity index (χ2n) is 8.32. The zero-order valence-electron chi connectivity index (χ0n) is 20.8. The molecule has 0 aliphatic heterocycles. The van der Waals surface area contributed by atoms with Crippen LogP contribution in [0.3, 0.4) is 0 Å². The van der Waals surface area contributed by atoms with Crippen LogP contribution in [0.5, 0.6) is 0 Å². The Labute approximate surface area is 231 Å². The third-order valence-corrected chi connectivity index (χ3v) is 5.90. The van der Waals surface area contributed by atoms with Gasteiger partial charge in [0.2, 0.25) is 5.91 Å². The lowest BCUT2D eigenvalue weighted by atomic mass is 10.1. The van der Waals surface area contributed by atoms with Crippen LogP contribution in [0.4, 0.5) is 22.7 Å². The number of carbonyl (C=O) groups is 2. The largest absolute Gasteiger partial charge is 0.459 e. The highest BCUT2D eigenvalue weighted by molar-refractivity contribution is 9.10. The summed E-state index contributed by atoms with van der Waals surface area (Å²) in [6.45, 7) is 1.68. The molecule has 39 heavy (non-hydrogen) atoms. The van der Waals surface area contributed by atoms with Crippen LogP contribution in [0, 0.1) is 27.2 Å². The summed E-state index contributed by atoms with van der Waals surface area (Å²) in [6, 6.07) is 17.4. The number of halogens is 1. The van der Waals surface area contributed by atoms with Crippen molar-refractivity contribution in [1.82, 2.24) is 0 Å². The third kappa shape index (κ3) is 9.00. The molecule has 0 aliphatic rings. The number of nitrogens with one attached hydrogen (secondary N) is 2. The molecule has 12 nitrogen and oxygen atoms in total. The minimum atomic E-state index is -0.765. The maximum absolute atomic E-state index is 12.3. The molecule has 0 bridgehead atoms. The molecule has 202 valence electrons. The molecule has 2 N–H and O–H groups in total. The van der Waals surface area contributed by atoms with E-state index in [2.05, 4.69) is 31.8 Å². The molecular weight excluding hydrogens is 574 g/mol. The molecule has 0 aromatic heterocycles. The van der Waals surface area contributed by atoms with E-state index in [1.807, 2.05) is 19.1 Å². The van der Waals surface area contributed by atoms with Gasteiger partial charge >= 0.3 is 11.7 Å². The van der Waals surface area contributed by atoms with Gasteiger partial charge in [0.25, 0.3) is 5.69 Å². The van der Waals surface area contributed by atoms with E-state index in [1.165, 1.54) is 6.07 Å². The van der Waals surface area contributed by atoms with Crippen LogP contribution in [-0.4, -0.2) is 34.0 Å². The van der Waals surface area contributed by atoms with Gasteiger partial charge in [0.1, 0.15) is 18.0 Å². The number of non-ortho nitro benzene ring substituents is 1. The first-order valence-electron chi connectivity index (χ1n) is 11.7. The maximum Gasteiger partial charge on any atom is 0.306 e. The zero-order chi connectivity index (χ0) is 28.4. The molecule has 0 saturated carbocycles. The van der Waals surface area contributed by atoms with Gasteiger partial charge in [-0.1, -0.05) is 45.8 Å². The smallest absolute Gasteiger partial charge is 0.306 e. The number of nitrogens with zero attached hydrogens (tertiary/aromatic N) is 3. The number of nitro benzene ring substituents is 2. The fourth-order valence-electron chi connectivity index (χ4n) is 3.30. The molecule has 3 aromatic rings. The number of hydrogen-bond donors (Lipinski definition) is 2. The van der Waals surface area contributed by atoms with E-state index in [9.17, 15) is 29.8 Å². The monoisotopic (exact) mass is 597 g/mol. The summed E-state index contributed by atoms with van der Waals surface area (Å²) in [7, 11) is 0. The topological polar surface area (TPSA) is 166 Å². The van der Waals surface area contributed by atoms with Crippen LogP contribution in [0.1, 0.15) is 30.4 Å². The van der Waals surface area contributed by atoms with Crippen LogP contribution < -0.4 is 10.7 Å². The summed E-state index contributed by atoms with van der Waals surface area (Å²) in [5.41, 5.74) is 4.06. The Balaban J connectivity index is 1.63. The van der Waals surface area contributed by atoms with E-state index in [4.69, 9.17) is 4.74 Å². The van der Waals surface area contributed by atoms with Gasteiger partial charge in [-0.3, -0.25) is 35.2 Å². The Bertz CT molecular complexity index is 1390. The quantitative estimate of drug-likeness (QED) is 0.115. The number of benzene rings is 3. The van der Waals surface area contributed by atoms with Crippen molar-refractivity contribution < 1.29 is 24.2 Å². The molecule has 0 radical (unpaired) electrons. The number of ether oxygens (including phenoxy) is 1. The van der Waals surface area contributed by atoms with E-state index < -0.39 is 27.2 Å². The van der Waals surface area contributed by atoms with Crippen LogP contribution in [0.15, 0.2) is 76.3 Å². The van der Waals surface area contributed by atoms with Crippen molar-refractivity contribution in [2.24, 2.45) is 5.10 Å². The summed E-state index contributed by atoms with van der Waals surface area (Å²) >= 11 is 3.34. The third-order valence-electron chi connectivity index (χ3n) is 5.37. The first-order valence-corrected chi connectivity index (χ1v) is 12.4. The van der Waals surface area contributed by atoms with Crippen LogP contribution in [0.25, 0.3) is 0 Å². The Morgan fingerprint density at radius 1 is 0.949 bits per heavy atom. The minimum Gasteiger partial charge on any atom is -0.459 e. The van der Waals surface area contributed by atoms with Gasteiger partial charge in [0, 0.05) is 34.6 Å². The van der Waals surface area contributed by atoms with Gasteiger partial charge in [-0.15, -0.1) is 0 Å². The van der Waals surface area contributed by atoms with E-state index >= 15 is 0 Å². The highest BCUT2D eigenvalue weighted by Gasteiger charge is 2.20. The van der Waals surface area contributed by atoms with Crippen LogP contribution in [-0.2, 0) is 14.3 Å². The second-order valence-corrected chi connectivity index (χ2v) is 9.24. The molecule has 3 aromatic carbocycles. The molecule has 13 heteroatoms. The van der Waals surface area contributed by atoms with Gasteiger partial charge in [-0.2, -0.15) is 5.10 Å². The van der Waals surface area contributed by atoms with Gasteiger partial charge in [0.05, 0.1) is 15.9 Å². The number of rotatable bonds is 12. The Morgan fingerprint density at radius 2 is 1.64 bits per heavy atom. The molecule has 0 unspecified atom stereocenters. The molecule has 0 spiro atoms. The van der Waals surface area contributed by atoms with Crippen molar-refractivity contribution in [3.8, 4) is 0 Å². The number of amides is 1. The maximum atomic E-state index is 12.3. The number of nitro groups is 2. The van der Waals surface area contributed by atoms with Crippen molar-refractivity contribution in [2.75, 3.05) is 17.3 Å². The van der Waals surface area contributed by atoms with Gasteiger partial charge in [-0.05, 0) is 43.7 Å². The Kier molecular flexibility index (Phi) is 10.2. The lowest BCUT2D eigenvalue weighted by molar-refractivity contribution is -0.393. The normalized spacial score (nSPS) is 11.0. The predicted molar refractivity (Wildman–Crippen MR) is 149 cm³/mol. The average Bonchev–Trinajstić information content (AvgIpc) is 2.90. The lowest BCUT2D eigenvalue weighted by Gasteiger charge is -2.10. The summed E-state index contributed by atoms with van der Waals surface area (Å²) in [6.07, 6.45) is 0.396. The van der Waals surface area contributed by atoms with Gasteiger partial charge in [0.15, 0.2) is 0 Å². The van der Waals surface area contributed by atoms with Crippen molar-refractivity contribution in [3.63, 3.8) is 0 Å². The first kappa shape index (κ1) is 28.9. The van der Waals surface area contributed by atoms with Crippen molar-refractivity contribution in [1.29, 1.82) is 0 Å². The molecular formula is C26H24BrN5O7. The van der Waals surface area contributed by atoms with E-state index in [-0.39, 0.29) is 43.2 Å². The van der Waals surface area contributed by atoms with E-state index in [1.54, 1.807) is 36.4 Å². The first-order chi connectivity index (χ1) is 18.6. The van der Waals surface area contributed by atoms with Gasteiger partial charge in [-0.25, -0.2) is 0 Å². The zero-order valence-corrected chi connectivity index (χ0v) is 22.3. The number of anilines is 2. The fraction of sp³-hybridized carbons (Fsp3) is 0.192. The summed E-state index contributed by atoms with van der Waals surface area (Å²) < 4.78 is 6.14. The van der Waals surface area contributed by atoms with E-state index in [0.29, 0.717) is 11.3 Å². The van der Waals surface area contributed by atoms with Crippen molar-refractivity contribution in [2.45, 2.75) is 26.2 Å². The highest BCUT2D eigenvalue weighted by Crippen LogP contribution is 2.29. The van der Waals surface area contributed by atoms with Crippen LogP contribution >= 0.6 is 15.9 Å². The second kappa shape index (κ2) is 13.8. The summed E-state index contributed by atoms with van der Waals surface area (Å²) in [4.78, 5) is 45.4. The van der Waals surface area contributed by atoms with Gasteiger partial charge < -0.3 is 10.1 Å². The molecule has 1 amide bonds. The number of aryl methyl sites for hydroxylation is 1. The number of hydrazone groups is 1. The Hall–Kier alpha value is -4.65. The summed E-state index contributed by atoms with van der Waals surface area (Å²) in [5.74, 6) is -0.776. The molecule has 0 saturated heterocycles. The Morgan fingerprint density at radius 3 is 2.28 bits per heavy atom. The SMILES string of the molecule is Cc1ccc(NC(=O)CCCC(=O)OCC(=NNc2ccc([N+](=O)[O-])cc2[N+](=O)[O-])c2ccc(Br)cc2)cc1. The predicted octanol–water partition coefficient (Wildman–Crippen LogP) is 5.74. The molecule has 0 aliphatic carbocycles. The number of esters is 1. The molecule has 0 fully saturated rings. The molecule has 0 atom stereocenters. The van der Waals surface area contributed by atoms with E-state index in [0.717, 1.165) is 22.2 Å². The molecule has 0 heterocycles. The number of carbonyl (C=O) groups excluding carboxylic acids is 2. The summed E-state index contributed by atoms with van der Waals surface area (Å²) in [5, 5.41) is 29.3.